The predicted octanol–water partition coefficient (Wildman–Crippen LogP) is 8.43. The first kappa shape index (κ1) is 25.5. The van der Waals surface area contributed by atoms with Gasteiger partial charge in [0.15, 0.2) is 0 Å². The SMILES string of the molecule is CCCCCCCCCCCCCCCCCCCCCN1CCCCC1=O. The molecule has 0 aromatic heterocycles. The summed E-state index contributed by atoms with van der Waals surface area (Å²) in [5.41, 5.74) is 0. The molecule has 1 heterocycles. The molecule has 1 fully saturated rings. The second kappa shape index (κ2) is 19.8. The van der Waals surface area contributed by atoms with Crippen LogP contribution in [0.3, 0.4) is 0 Å². The van der Waals surface area contributed by atoms with Crippen molar-refractivity contribution in [3.05, 3.63) is 0 Å². The molecular weight excluding hydrogens is 342 g/mol. The molecular formula is C26H51NO. The lowest BCUT2D eigenvalue weighted by Gasteiger charge is -2.26. The van der Waals surface area contributed by atoms with Crippen molar-refractivity contribution in [2.75, 3.05) is 13.1 Å². The molecule has 1 saturated heterocycles. The van der Waals surface area contributed by atoms with Gasteiger partial charge in [0.05, 0.1) is 0 Å². The Labute approximate surface area is 177 Å². The first-order chi connectivity index (χ1) is 13.8. The van der Waals surface area contributed by atoms with Gasteiger partial charge in [-0.05, 0) is 19.3 Å². The standard InChI is InChI=1S/C26H51NO/c1-2-3-4-5-6-7-8-9-10-11-12-13-14-15-16-17-18-19-21-24-27-25-22-20-23-26(27)28/h2-25H2,1H3. The van der Waals surface area contributed by atoms with Crippen LogP contribution in [0, 0.1) is 0 Å². The lowest BCUT2D eigenvalue weighted by molar-refractivity contribution is -0.133. The lowest BCUT2D eigenvalue weighted by Crippen LogP contribution is -2.35. The van der Waals surface area contributed by atoms with Gasteiger partial charge in [0.2, 0.25) is 5.91 Å². The maximum Gasteiger partial charge on any atom is 0.222 e. The maximum atomic E-state index is 11.7. The van der Waals surface area contributed by atoms with E-state index in [-0.39, 0.29) is 0 Å². The summed E-state index contributed by atoms with van der Waals surface area (Å²) < 4.78 is 0. The van der Waals surface area contributed by atoms with Crippen LogP contribution in [0.15, 0.2) is 0 Å². The Kier molecular flexibility index (Phi) is 18.0. The molecule has 1 rings (SSSR count). The summed E-state index contributed by atoms with van der Waals surface area (Å²) in [5, 5.41) is 0. The van der Waals surface area contributed by atoms with Gasteiger partial charge in [0, 0.05) is 19.5 Å². The number of unbranched alkanes of at least 4 members (excludes halogenated alkanes) is 18. The van der Waals surface area contributed by atoms with Crippen molar-refractivity contribution >= 4 is 5.91 Å². The van der Waals surface area contributed by atoms with Gasteiger partial charge in [-0.15, -0.1) is 0 Å². The molecule has 2 nitrogen and oxygen atoms in total. The van der Waals surface area contributed by atoms with E-state index in [1.165, 1.54) is 128 Å². The van der Waals surface area contributed by atoms with Gasteiger partial charge in [-0.1, -0.05) is 122 Å². The molecule has 0 aliphatic carbocycles. The van der Waals surface area contributed by atoms with E-state index >= 15 is 0 Å². The molecule has 1 aliphatic rings. The lowest BCUT2D eigenvalue weighted by atomic mass is 10.0. The zero-order valence-corrected chi connectivity index (χ0v) is 19.3. The molecule has 2 heteroatoms. The third-order valence-corrected chi connectivity index (χ3v) is 6.45. The van der Waals surface area contributed by atoms with Crippen molar-refractivity contribution < 1.29 is 4.79 Å². The Hall–Kier alpha value is -0.530. The number of piperidine rings is 1. The fourth-order valence-electron chi connectivity index (χ4n) is 4.48. The van der Waals surface area contributed by atoms with E-state index in [2.05, 4.69) is 11.8 Å². The van der Waals surface area contributed by atoms with Crippen LogP contribution >= 0.6 is 0 Å². The second-order valence-corrected chi connectivity index (χ2v) is 9.20. The number of amides is 1. The van der Waals surface area contributed by atoms with Crippen molar-refractivity contribution in [3.8, 4) is 0 Å². The first-order valence-corrected chi connectivity index (χ1v) is 13.1. The Morgan fingerprint density at radius 3 is 1.36 bits per heavy atom. The van der Waals surface area contributed by atoms with Gasteiger partial charge >= 0.3 is 0 Å². The molecule has 0 aromatic rings. The molecule has 166 valence electrons. The van der Waals surface area contributed by atoms with E-state index in [4.69, 9.17) is 0 Å². The zero-order chi connectivity index (χ0) is 20.1. The third-order valence-electron chi connectivity index (χ3n) is 6.45. The number of hydrogen-bond acceptors (Lipinski definition) is 1. The molecule has 0 saturated carbocycles. The Balaban J connectivity index is 1.68. The van der Waals surface area contributed by atoms with E-state index in [1.807, 2.05) is 0 Å². The van der Waals surface area contributed by atoms with Crippen molar-refractivity contribution in [1.82, 2.24) is 4.90 Å². The molecule has 0 N–H and O–H groups in total. The minimum absolute atomic E-state index is 0.397. The number of likely N-dealkylation sites (tertiary alicyclic amines) is 1. The Morgan fingerprint density at radius 2 is 0.964 bits per heavy atom. The third kappa shape index (κ3) is 15.4. The molecule has 1 amide bonds. The summed E-state index contributed by atoms with van der Waals surface area (Å²) in [4.78, 5) is 13.8. The average Bonchev–Trinajstić information content (AvgIpc) is 2.71. The topological polar surface area (TPSA) is 20.3 Å². The van der Waals surface area contributed by atoms with Crippen molar-refractivity contribution in [3.63, 3.8) is 0 Å². The van der Waals surface area contributed by atoms with Crippen LogP contribution in [-0.4, -0.2) is 23.9 Å². The fourth-order valence-corrected chi connectivity index (χ4v) is 4.48. The highest BCUT2D eigenvalue weighted by atomic mass is 16.2. The van der Waals surface area contributed by atoms with Gasteiger partial charge in [-0.3, -0.25) is 4.79 Å². The van der Waals surface area contributed by atoms with Crippen molar-refractivity contribution in [2.45, 2.75) is 148 Å². The largest absolute Gasteiger partial charge is 0.343 e. The number of hydrogen-bond donors (Lipinski definition) is 0. The van der Waals surface area contributed by atoms with Crippen LogP contribution in [0.1, 0.15) is 148 Å². The molecule has 0 bridgehead atoms. The molecule has 1 aliphatic heterocycles. The number of carbonyl (C=O) groups excluding carboxylic acids is 1. The average molecular weight is 394 g/mol. The zero-order valence-electron chi connectivity index (χ0n) is 19.3. The molecule has 0 radical (unpaired) electrons. The van der Waals surface area contributed by atoms with Gasteiger partial charge in [0.25, 0.3) is 0 Å². The summed E-state index contributed by atoms with van der Waals surface area (Å²) in [6.45, 7) is 4.32. The molecule has 28 heavy (non-hydrogen) atoms. The summed E-state index contributed by atoms with van der Waals surface area (Å²) in [7, 11) is 0. The van der Waals surface area contributed by atoms with Gasteiger partial charge in [0.1, 0.15) is 0 Å². The van der Waals surface area contributed by atoms with Crippen LogP contribution in [-0.2, 0) is 4.79 Å². The normalized spacial score (nSPS) is 14.8. The number of carbonyl (C=O) groups is 1. The van der Waals surface area contributed by atoms with E-state index in [0.29, 0.717) is 5.91 Å². The van der Waals surface area contributed by atoms with Crippen LogP contribution in [0.2, 0.25) is 0 Å². The highest BCUT2D eigenvalue weighted by Gasteiger charge is 2.16. The van der Waals surface area contributed by atoms with E-state index < -0.39 is 0 Å². The Bertz CT molecular complexity index is 341. The maximum absolute atomic E-state index is 11.7. The van der Waals surface area contributed by atoms with Crippen LogP contribution in [0.5, 0.6) is 0 Å². The minimum Gasteiger partial charge on any atom is -0.343 e. The number of rotatable bonds is 20. The quantitative estimate of drug-likeness (QED) is 0.190. The van der Waals surface area contributed by atoms with Gasteiger partial charge in [-0.25, -0.2) is 0 Å². The smallest absolute Gasteiger partial charge is 0.222 e. The summed E-state index contributed by atoms with van der Waals surface area (Å²) in [6, 6.07) is 0. The highest BCUT2D eigenvalue weighted by Crippen LogP contribution is 2.15. The fraction of sp³-hybridized carbons (Fsp3) is 0.962. The molecule has 0 atom stereocenters. The van der Waals surface area contributed by atoms with E-state index in [9.17, 15) is 4.79 Å². The minimum atomic E-state index is 0.397. The van der Waals surface area contributed by atoms with Crippen LogP contribution < -0.4 is 0 Å². The summed E-state index contributed by atoms with van der Waals surface area (Å²) >= 11 is 0. The number of nitrogens with zero attached hydrogens (tertiary/aromatic N) is 1. The van der Waals surface area contributed by atoms with Crippen LogP contribution in [0.25, 0.3) is 0 Å². The highest BCUT2D eigenvalue weighted by molar-refractivity contribution is 5.76. The van der Waals surface area contributed by atoms with Gasteiger partial charge < -0.3 is 4.90 Å². The van der Waals surface area contributed by atoms with E-state index in [1.54, 1.807) is 0 Å². The van der Waals surface area contributed by atoms with E-state index in [0.717, 1.165) is 25.9 Å². The molecule has 0 spiro atoms. The summed E-state index contributed by atoms with van der Waals surface area (Å²) in [6.07, 6.45) is 30.1. The Morgan fingerprint density at radius 1 is 0.571 bits per heavy atom. The van der Waals surface area contributed by atoms with Gasteiger partial charge in [-0.2, -0.15) is 0 Å². The van der Waals surface area contributed by atoms with Crippen molar-refractivity contribution in [2.24, 2.45) is 0 Å². The monoisotopic (exact) mass is 393 g/mol. The van der Waals surface area contributed by atoms with Crippen molar-refractivity contribution in [1.29, 1.82) is 0 Å². The predicted molar refractivity (Wildman–Crippen MR) is 124 cm³/mol. The molecule has 0 aromatic carbocycles. The summed E-state index contributed by atoms with van der Waals surface area (Å²) in [5.74, 6) is 0.397. The molecule has 0 unspecified atom stereocenters. The first-order valence-electron chi connectivity index (χ1n) is 13.1. The second-order valence-electron chi connectivity index (χ2n) is 9.20. The van der Waals surface area contributed by atoms with Crippen LogP contribution in [0.4, 0.5) is 0 Å².